The molecule has 2 aromatic rings. The van der Waals surface area contributed by atoms with Crippen LogP contribution >= 0.6 is 0 Å². The molecule has 2 heterocycles. The number of carbonyl (C=O) groups is 3. The van der Waals surface area contributed by atoms with Crippen LogP contribution in [0.5, 0.6) is 0 Å². The molecule has 7 nitrogen and oxygen atoms in total. The number of carbonyl (C=O) groups excluding carboxylic acids is 2. The Morgan fingerprint density at radius 2 is 1.90 bits per heavy atom. The van der Waals surface area contributed by atoms with Gasteiger partial charge in [0.1, 0.15) is 23.2 Å². The maximum Gasteiger partial charge on any atom is 0.335 e. The number of imide groups is 1. The first kappa shape index (κ1) is 19.6. The number of benzene rings is 1. The number of hydrogen-bond donors (Lipinski definition) is 1. The topological polar surface area (TPSA) is 112 Å². The zero-order valence-electron chi connectivity index (χ0n) is 15.5. The van der Waals surface area contributed by atoms with Crippen LogP contribution in [0.1, 0.15) is 23.0 Å². The third-order valence-electron chi connectivity index (χ3n) is 4.47. The van der Waals surface area contributed by atoms with Crippen LogP contribution in [-0.2, 0) is 9.59 Å². The van der Waals surface area contributed by atoms with Crippen molar-refractivity contribution in [2.24, 2.45) is 0 Å². The minimum absolute atomic E-state index is 0.00715. The van der Waals surface area contributed by atoms with Crippen LogP contribution in [0.4, 0.5) is 0 Å². The maximum atomic E-state index is 12.7. The quantitative estimate of drug-likeness (QED) is 0.477. The summed E-state index contributed by atoms with van der Waals surface area (Å²) in [6.45, 7) is 5.07. The summed E-state index contributed by atoms with van der Waals surface area (Å²) < 4.78 is 5.76. The number of furan rings is 1. The second-order valence-corrected chi connectivity index (χ2v) is 6.26. The number of hydrogen-bond acceptors (Lipinski definition) is 5. The summed E-state index contributed by atoms with van der Waals surface area (Å²) in [7, 11) is 0. The summed E-state index contributed by atoms with van der Waals surface area (Å²) in [5.74, 6) is -1.36. The molecular weight excluding hydrogens is 372 g/mol. The Kier molecular flexibility index (Phi) is 5.28. The Bertz CT molecular complexity index is 1130. The van der Waals surface area contributed by atoms with E-state index in [1.165, 1.54) is 24.3 Å². The van der Waals surface area contributed by atoms with Crippen molar-refractivity contribution >= 4 is 23.9 Å². The van der Waals surface area contributed by atoms with E-state index in [9.17, 15) is 19.6 Å². The van der Waals surface area contributed by atoms with Crippen molar-refractivity contribution in [3.8, 4) is 17.4 Å². The highest BCUT2D eigenvalue weighted by atomic mass is 16.4. The van der Waals surface area contributed by atoms with Crippen LogP contribution in [0, 0.1) is 11.3 Å². The minimum atomic E-state index is -1.02. The summed E-state index contributed by atoms with van der Waals surface area (Å²) in [4.78, 5) is 37.0. The molecule has 1 aromatic heterocycles. The SMILES string of the molecule is C=CCN1C(=O)C(C#N)=C(C)/C(=C\c2ccc(-c3ccc(C(=O)O)cc3)o2)C1=O. The first-order valence-electron chi connectivity index (χ1n) is 8.61. The van der Waals surface area contributed by atoms with Crippen molar-refractivity contribution in [2.45, 2.75) is 6.92 Å². The normalized spacial score (nSPS) is 15.6. The number of aromatic carboxylic acids is 1. The van der Waals surface area contributed by atoms with Gasteiger partial charge in [-0.25, -0.2) is 4.79 Å². The van der Waals surface area contributed by atoms with Crippen molar-refractivity contribution in [1.82, 2.24) is 4.90 Å². The second-order valence-electron chi connectivity index (χ2n) is 6.26. The van der Waals surface area contributed by atoms with Crippen molar-refractivity contribution in [1.29, 1.82) is 5.26 Å². The van der Waals surface area contributed by atoms with Gasteiger partial charge >= 0.3 is 5.97 Å². The number of carboxylic acids is 1. The Morgan fingerprint density at radius 1 is 1.21 bits per heavy atom. The lowest BCUT2D eigenvalue weighted by atomic mass is 9.94. The lowest BCUT2D eigenvalue weighted by molar-refractivity contribution is -0.139. The molecule has 0 unspecified atom stereocenters. The summed E-state index contributed by atoms with van der Waals surface area (Å²) in [6.07, 6.45) is 2.89. The van der Waals surface area contributed by atoms with Crippen LogP contribution in [-0.4, -0.2) is 34.3 Å². The third-order valence-corrected chi connectivity index (χ3v) is 4.47. The molecule has 1 N–H and O–H groups in total. The average molecular weight is 388 g/mol. The molecule has 0 radical (unpaired) electrons. The molecular formula is C22H16N2O5. The molecule has 3 rings (SSSR count). The number of nitriles is 1. The van der Waals surface area contributed by atoms with Crippen LogP contribution in [0.15, 0.2) is 70.2 Å². The van der Waals surface area contributed by atoms with E-state index < -0.39 is 17.8 Å². The minimum Gasteiger partial charge on any atom is -0.478 e. The number of carboxylic acid groups (broad SMARTS) is 1. The Morgan fingerprint density at radius 3 is 2.48 bits per heavy atom. The molecule has 0 atom stereocenters. The molecule has 1 aromatic carbocycles. The zero-order valence-corrected chi connectivity index (χ0v) is 15.5. The number of rotatable bonds is 5. The van der Waals surface area contributed by atoms with Crippen LogP contribution in [0.2, 0.25) is 0 Å². The molecule has 2 amide bonds. The van der Waals surface area contributed by atoms with Gasteiger partial charge in [0.15, 0.2) is 0 Å². The van der Waals surface area contributed by atoms with Gasteiger partial charge in [-0.3, -0.25) is 14.5 Å². The molecule has 7 heteroatoms. The van der Waals surface area contributed by atoms with Crippen molar-refractivity contribution in [2.75, 3.05) is 6.54 Å². The Balaban J connectivity index is 1.99. The summed E-state index contributed by atoms with van der Waals surface area (Å²) >= 11 is 0. The highest BCUT2D eigenvalue weighted by Crippen LogP contribution is 2.29. The fourth-order valence-corrected chi connectivity index (χ4v) is 2.93. The van der Waals surface area contributed by atoms with Crippen LogP contribution in [0.25, 0.3) is 17.4 Å². The molecule has 1 aliphatic heterocycles. The molecule has 1 aliphatic rings. The molecule has 0 bridgehead atoms. The first-order valence-corrected chi connectivity index (χ1v) is 8.61. The van der Waals surface area contributed by atoms with E-state index in [-0.39, 0.29) is 28.8 Å². The highest BCUT2D eigenvalue weighted by molar-refractivity contribution is 6.19. The first-order chi connectivity index (χ1) is 13.9. The Labute approximate surface area is 166 Å². The van der Waals surface area contributed by atoms with Crippen LogP contribution in [0.3, 0.4) is 0 Å². The zero-order chi connectivity index (χ0) is 21.1. The molecule has 0 fully saturated rings. The van der Waals surface area contributed by atoms with Gasteiger partial charge in [0, 0.05) is 17.7 Å². The molecule has 29 heavy (non-hydrogen) atoms. The number of amides is 2. The predicted octanol–water partition coefficient (Wildman–Crippen LogP) is 3.42. The molecule has 144 valence electrons. The lowest BCUT2D eigenvalue weighted by Gasteiger charge is -2.26. The van der Waals surface area contributed by atoms with Crippen molar-refractivity contribution in [3.05, 3.63) is 77.1 Å². The van der Waals surface area contributed by atoms with Gasteiger partial charge in [-0.2, -0.15) is 5.26 Å². The summed E-state index contributed by atoms with van der Waals surface area (Å²) in [6, 6.07) is 11.4. The average Bonchev–Trinajstić information content (AvgIpc) is 3.18. The monoisotopic (exact) mass is 388 g/mol. The van der Waals surface area contributed by atoms with Gasteiger partial charge in [0.2, 0.25) is 0 Å². The van der Waals surface area contributed by atoms with E-state index in [4.69, 9.17) is 9.52 Å². The lowest BCUT2D eigenvalue weighted by Crippen LogP contribution is -2.42. The van der Waals surface area contributed by atoms with Crippen molar-refractivity contribution < 1.29 is 23.9 Å². The van der Waals surface area contributed by atoms with Gasteiger partial charge < -0.3 is 9.52 Å². The fraction of sp³-hybridized carbons (Fsp3) is 0.0909. The van der Waals surface area contributed by atoms with E-state index >= 15 is 0 Å². The van der Waals surface area contributed by atoms with Gasteiger partial charge in [-0.05, 0) is 42.8 Å². The van der Waals surface area contributed by atoms with Crippen LogP contribution < -0.4 is 0 Å². The largest absolute Gasteiger partial charge is 0.478 e. The van der Waals surface area contributed by atoms with Crippen molar-refractivity contribution in [3.63, 3.8) is 0 Å². The summed E-state index contributed by atoms with van der Waals surface area (Å²) in [5, 5.41) is 18.3. The standard InChI is InChI=1S/C22H16N2O5/c1-3-10-24-20(25)17(13(2)18(12-23)21(24)26)11-16-8-9-19(29-16)14-4-6-15(7-5-14)22(27)28/h3-9,11H,1,10H2,2H3,(H,27,28)/b17-11+. The molecule has 0 aliphatic carbocycles. The van der Waals surface area contributed by atoms with E-state index in [0.29, 0.717) is 17.1 Å². The highest BCUT2D eigenvalue weighted by Gasteiger charge is 2.34. The van der Waals surface area contributed by atoms with Gasteiger partial charge in [-0.1, -0.05) is 18.2 Å². The molecule has 0 saturated heterocycles. The Hall–Kier alpha value is -4.18. The third kappa shape index (κ3) is 3.64. The van der Waals surface area contributed by atoms with E-state index in [1.54, 1.807) is 31.2 Å². The second kappa shape index (κ2) is 7.82. The molecule has 0 spiro atoms. The summed E-state index contributed by atoms with van der Waals surface area (Å²) in [5.41, 5.74) is 1.20. The number of nitrogens with zero attached hydrogens (tertiary/aromatic N) is 2. The fourth-order valence-electron chi connectivity index (χ4n) is 2.93. The predicted molar refractivity (Wildman–Crippen MR) is 104 cm³/mol. The van der Waals surface area contributed by atoms with Gasteiger partial charge in [0.05, 0.1) is 5.56 Å². The smallest absolute Gasteiger partial charge is 0.335 e. The maximum absolute atomic E-state index is 12.7. The van der Waals surface area contributed by atoms with E-state index in [1.807, 2.05) is 6.07 Å². The molecule has 0 saturated carbocycles. The van der Waals surface area contributed by atoms with E-state index in [0.717, 1.165) is 4.90 Å². The van der Waals surface area contributed by atoms with Gasteiger partial charge in [-0.15, -0.1) is 6.58 Å². The van der Waals surface area contributed by atoms with Gasteiger partial charge in [0.25, 0.3) is 11.8 Å². The van der Waals surface area contributed by atoms with E-state index in [2.05, 4.69) is 6.58 Å².